The third kappa shape index (κ3) is 8.45. The van der Waals surface area contributed by atoms with E-state index in [1.54, 1.807) is 20.8 Å². The van der Waals surface area contributed by atoms with E-state index < -0.39 is 17.2 Å². The molecule has 84 valence electrons. The number of ether oxygens (including phenoxy) is 1. The van der Waals surface area contributed by atoms with Gasteiger partial charge in [0.05, 0.1) is 0 Å². The Bertz CT molecular complexity index is 180. The molecule has 14 heavy (non-hydrogen) atoms. The van der Waals surface area contributed by atoms with Crippen molar-refractivity contribution in [3.8, 4) is 0 Å². The lowest BCUT2D eigenvalue weighted by atomic mass is 10.2. The monoisotopic (exact) mass is 241 g/mol. The third-order valence-electron chi connectivity index (χ3n) is 1.26. The average Bonchev–Trinajstić information content (AvgIpc) is 1.96. The first-order valence-corrected chi connectivity index (χ1v) is 5.52. The standard InChI is InChI=1S/C9H17Cl2NO2/c1-9(2,3)14-8(13)12-7(11)5-4-6-10/h7H,4-6H2,1-3H3,(H,12,13). The fraction of sp³-hybridized carbons (Fsp3) is 0.889. The van der Waals surface area contributed by atoms with Crippen molar-refractivity contribution in [2.24, 2.45) is 0 Å². The van der Waals surface area contributed by atoms with Crippen LogP contribution in [0.15, 0.2) is 0 Å². The molecule has 3 nitrogen and oxygen atoms in total. The Hall–Kier alpha value is -0.150. The van der Waals surface area contributed by atoms with E-state index in [1.165, 1.54) is 0 Å². The minimum absolute atomic E-state index is 0.413. The normalized spacial score (nSPS) is 13.5. The number of carbonyl (C=O) groups is 1. The predicted octanol–water partition coefficient (Wildman–Crippen LogP) is 3.10. The van der Waals surface area contributed by atoms with Crippen LogP contribution in [0.4, 0.5) is 4.79 Å². The van der Waals surface area contributed by atoms with Crippen LogP contribution >= 0.6 is 23.2 Å². The summed E-state index contributed by atoms with van der Waals surface area (Å²) in [6.07, 6.45) is 0.919. The van der Waals surface area contributed by atoms with Crippen LogP contribution in [-0.2, 0) is 4.74 Å². The van der Waals surface area contributed by atoms with Crippen molar-refractivity contribution < 1.29 is 9.53 Å². The number of alkyl halides is 2. The Morgan fingerprint density at radius 2 is 2.07 bits per heavy atom. The zero-order chi connectivity index (χ0) is 11.2. The van der Waals surface area contributed by atoms with Crippen molar-refractivity contribution in [1.82, 2.24) is 5.32 Å². The van der Waals surface area contributed by atoms with E-state index in [-0.39, 0.29) is 0 Å². The van der Waals surface area contributed by atoms with Crippen molar-refractivity contribution in [1.29, 1.82) is 0 Å². The Kier molecular flexibility index (Phi) is 6.29. The zero-order valence-corrected chi connectivity index (χ0v) is 10.3. The first-order chi connectivity index (χ1) is 6.35. The number of hydrogen-bond donors (Lipinski definition) is 1. The topological polar surface area (TPSA) is 38.3 Å². The van der Waals surface area contributed by atoms with E-state index >= 15 is 0 Å². The maximum absolute atomic E-state index is 11.2. The van der Waals surface area contributed by atoms with E-state index in [2.05, 4.69) is 5.32 Å². The van der Waals surface area contributed by atoms with Gasteiger partial charge in [0.2, 0.25) is 0 Å². The molecule has 0 bridgehead atoms. The van der Waals surface area contributed by atoms with E-state index in [4.69, 9.17) is 27.9 Å². The van der Waals surface area contributed by atoms with Gasteiger partial charge in [0, 0.05) is 5.88 Å². The summed E-state index contributed by atoms with van der Waals surface area (Å²) < 4.78 is 5.02. The van der Waals surface area contributed by atoms with E-state index in [0.29, 0.717) is 12.3 Å². The van der Waals surface area contributed by atoms with Crippen LogP contribution in [-0.4, -0.2) is 23.1 Å². The lowest BCUT2D eigenvalue weighted by Crippen LogP contribution is -2.36. The van der Waals surface area contributed by atoms with Crippen LogP contribution in [0, 0.1) is 0 Å². The van der Waals surface area contributed by atoms with Gasteiger partial charge in [-0.05, 0) is 33.6 Å². The maximum Gasteiger partial charge on any atom is 0.408 e. The molecule has 0 saturated carbocycles. The van der Waals surface area contributed by atoms with Crippen LogP contribution < -0.4 is 5.32 Å². The molecule has 0 saturated heterocycles. The number of amides is 1. The highest BCUT2D eigenvalue weighted by molar-refractivity contribution is 6.21. The van der Waals surface area contributed by atoms with Crippen LogP contribution in [0.1, 0.15) is 33.6 Å². The zero-order valence-electron chi connectivity index (χ0n) is 8.77. The molecule has 0 spiro atoms. The van der Waals surface area contributed by atoms with Gasteiger partial charge in [0.1, 0.15) is 11.1 Å². The molecule has 1 unspecified atom stereocenters. The number of rotatable bonds is 4. The fourth-order valence-electron chi connectivity index (χ4n) is 0.764. The lowest BCUT2D eigenvalue weighted by Gasteiger charge is -2.21. The average molecular weight is 242 g/mol. The summed E-state index contributed by atoms with van der Waals surface area (Å²) in [4.78, 5) is 11.2. The molecule has 0 aliphatic heterocycles. The first kappa shape index (κ1) is 13.8. The van der Waals surface area contributed by atoms with Gasteiger partial charge in [-0.25, -0.2) is 4.79 Å². The summed E-state index contributed by atoms with van der Waals surface area (Å²) in [6, 6.07) is 0. The highest BCUT2D eigenvalue weighted by Gasteiger charge is 2.17. The van der Waals surface area contributed by atoms with Crippen LogP contribution in [0.2, 0.25) is 0 Å². The molecule has 0 fully saturated rings. The smallest absolute Gasteiger partial charge is 0.408 e. The van der Waals surface area contributed by atoms with Gasteiger partial charge in [-0.2, -0.15) is 0 Å². The van der Waals surface area contributed by atoms with Crippen molar-refractivity contribution >= 4 is 29.3 Å². The van der Waals surface area contributed by atoms with Crippen LogP contribution in [0.3, 0.4) is 0 Å². The molecular weight excluding hydrogens is 225 g/mol. The number of hydrogen-bond acceptors (Lipinski definition) is 2. The minimum Gasteiger partial charge on any atom is -0.444 e. The van der Waals surface area contributed by atoms with Crippen molar-refractivity contribution in [3.05, 3.63) is 0 Å². The molecular formula is C9H17Cl2NO2. The van der Waals surface area contributed by atoms with Crippen LogP contribution in [0.5, 0.6) is 0 Å². The van der Waals surface area contributed by atoms with Gasteiger partial charge >= 0.3 is 6.09 Å². The molecule has 0 aromatic heterocycles. The molecule has 0 aliphatic rings. The summed E-state index contributed by atoms with van der Waals surface area (Å²) in [7, 11) is 0. The Morgan fingerprint density at radius 1 is 1.50 bits per heavy atom. The number of alkyl carbamates (subject to hydrolysis) is 1. The molecule has 0 aromatic rings. The molecule has 1 atom stereocenters. The Labute approximate surface area is 95.1 Å². The first-order valence-electron chi connectivity index (χ1n) is 4.54. The van der Waals surface area contributed by atoms with E-state index in [0.717, 1.165) is 6.42 Å². The second-order valence-corrected chi connectivity index (χ2v) is 4.85. The summed E-state index contributed by atoms with van der Waals surface area (Å²) in [6.45, 7) is 5.40. The van der Waals surface area contributed by atoms with Gasteiger partial charge in [-0.3, -0.25) is 0 Å². The summed E-state index contributed by atoms with van der Waals surface area (Å²) in [5.41, 5.74) is -0.906. The fourth-order valence-corrected chi connectivity index (χ4v) is 1.16. The van der Waals surface area contributed by atoms with Crippen molar-refractivity contribution in [2.75, 3.05) is 5.88 Å². The van der Waals surface area contributed by atoms with Gasteiger partial charge in [0.15, 0.2) is 0 Å². The summed E-state index contributed by atoms with van der Waals surface area (Å²) >= 11 is 11.3. The Balaban J connectivity index is 3.71. The van der Waals surface area contributed by atoms with E-state index in [9.17, 15) is 4.79 Å². The largest absolute Gasteiger partial charge is 0.444 e. The lowest BCUT2D eigenvalue weighted by molar-refractivity contribution is 0.0519. The summed E-state index contributed by atoms with van der Waals surface area (Å²) in [5, 5.41) is 2.52. The van der Waals surface area contributed by atoms with E-state index in [1.807, 2.05) is 0 Å². The SMILES string of the molecule is CC(C)(C)OC(=O)NC(Cl)CCCCl. The highest BCUT2D eigenvalue weighted by Crippen LogP contribution is 2.08. The Morgan fingerprint density at radius 3 is 2.50 bits per heavy atom. The molecule has 0 heterocycles. The second kappa shape index (κ2) is 6.36. The second-order valence-electron chi connectivity index (χ2n) is 3.94. The number of nitrogens with one attached hydrogen (secondary N) is 1. The molecule has 0 rings (SSSR count). The molecule has 5 heteroatoms. The number of halogens is 2. The highest BCUT2D eigenvalue weighted by atomic mass is 35.5. The summed E-state index contributed by atoms with van der Waals surface area (Å²) in [5.74, 6) is 0.541. The minimum atomic E-state index is -0.493. The van der Waals surface area contributed by atoms with Gasteiger partial charge in [-0.15, -0.1) is 11.6 Å². The molecule has 1 amide bonds. The molecule has 0 aromatic carbocycles. The molecule has 1 N–H and O–H groups in total. The predicted molar refractivity (Wildman–Crippen MR) is 59.0 cm³/mol. The van der Waals surface area contributed by atoms with Gasteiger partial charge in [-0.1, -0.05) is 11.6 Å². The van der Waals surface area contributed by atoms with Crippen molar-refractivity contribution in [3.63, 3.8) is 0 Å². The molecule has 0 aliphatic carbocycles. The van der Waals surface area contributed by atoms with Crippen LogP contribution in [0.25, 0.3) is 0 Å². The third-order valence-corrected chi connectivity index (χ3v) is 1.86. The van der Waals surface area contributed by atoms with Gasteiger partial charge < -0.3 is 10.1 Å². The number of carbonyl (C=O) groups excluding carboxylic acids is 1. The molecule has 0 radical (unpaired) electrons. The van der Waals surface area contributed by atoms with Crippen molar-refractivity contribution in [2.45, 2.75) is 44.7 Å². The maximum atomic E-state index is 11.2. The quantitative estimate of drug-likeness (QED) is 0.607. The van der Waals surface area contributed by atoms with Gasteiger partial charge in [0.25, 0.3) is 0 Å².